The van der Waals surface area contributed by atoms with Crippen LogP contribution in [0.25, 0.3) is 0 Å². The van der Waals surface area contributed by atoms with Gasteiger partial charge in [-0.3, -0.25) is 14.9 Å². The number of nitrogens with one attached hydrogen (secondary N) is 1. The number of esters is 1. The van der Waals surface area contributed by atoms with E-state index in [0.717, 1.165) is 25.3 Å². The maximum Gasteiger partial charge on any atom is 0.338 e. The SMILES string of the molecule is COc1ccc(C(=O)OCC(=O)Nc2ccc3c(c2)CCC3)cc1[N+](=O)[O-]. The van der Waals surface area contributed by atoms with Gasteiger partial charge in [-0.15, -0.1) is 0 Å². The maximum absolute atomic E-state index is 12.1. The first-order valence-corrected chi connectivity index (χ1v) is 8.39. The van der Waals surface area contributed by atoms with Gasteiger partial charge in [-0.25, -0.2) is 4.79 Å². The van der Waals surface area contributed by atoms with Crippen molar-refractivity contribution in [3.8, 4) is 5.75 Å². The molecule has 0 spiro atoms. The van der Waals surface area contributed by atoms with E-state index < -0.39 is 23.4 Å². The van der Waals surface area contributed by atoms with Gasteiger partial charge in [-0.1, -0.05) is 6.07 Å². The highest BCUT2D eigenvalue weighted by molar-refractivity contribution is 5.96. The molecule has 0 aromatic heterocycles. The molecule has 0 radical (unpaired) electrons. The number of nitro benzene ring substituents is 1. The van der Waals surface area contributed by atoms with E-state index in [9.17, 15) is 19.7 Å². The third-order valence-corrected chi connectivity index (χ3v) is 4.33. The summed E-state index contributed by atoms with van der Waals surface area (Å²) in [4.78, 5) is 34.4. The number of hydrogen-bond donors (Lipinski definition) is 1. The Hall–Kier alpha value is -3.42. The molecule has 1 aliphatic rings. The average Bonchev–Trinajstić information content (AvgIpc) is 3.13. The second-order valence-electron chi connectivity index (χ2n) is 6.11. The van der Waals surface area contributed by atoms with Crippen molar-refractivity contribution in [3.05, 3.63) is 63.2 Å². The van der Waals surface area contributed by atoms with Crippen LogP contribution in [0.4, 0.5) is 11.4 Å². The predicted octanol–water partition coefficient (Wildman–Crippen LogP) is 2.89. The molecule has 3 rings (SSSR count). The van der Waals surface area contributed by atoms with Gasteiger partial charge in [0.15, 0.2) is 12.4 Å². The third kappa shape index (κ3) is 4.22. The molecule has 1 amide bonds. The minimum Gasteiger partial charge on any atom is -0.490 e. The molecule has 8 heteroatoms. The predicted molar refractivity (Wildman–Crippen MR) is 97.0 cm³/mol. The number of fused-ring (bicyclic) bond motifs is 1. The molecule has 0 atom stereocenters. The van der Waals surface area contributed by atoms with Crippen LogP contribution in [0.1, 0.15) is 27.9 Å². The van der Waals surface area contributed by atoms with Crippen LogP contribution in [0.3, 0.4) is 0 Å². The summed E-state index contributed by atoms with van der Waals surface area (Å²) in [5.74, 6) is -1.28. The lowest BCUT2D eigenvalue weighted by Crippen LogP contribution is -2.21. The molecule has 0 bridgehead atoms. The zero-order valence-corrected chi connectivity index (χ0v) is 14.7. The molecule has 0 unspecified atom stereocenters. The van der Waals surface area contributed by atoms with Crippen LogP contribution in [-0.2, 0) is 22.4 Å². The highest BCUT2D eigenvalue weighted by Crippen LogP contribution is 2.28. The summed E-state index contributed by atoms with van der Waals surface area (Å²) in [7, 11) is 1.30. The van der Waals surface area contributed by atoms with Crippen LogP contribution in [-0.4, -0.2) is 30.5 Å². The molecule has 27 heavy (non-hydrogen) atoms. The van der Waals surface area contributed by atoms with Crippen molar-refractivity contribution in [2.45, 2.75) is 19.3 Å². The Balaban J connectivity index is 1.59. The summed E-state index contributed by atoms with van der Waals surface area (Å²) in [6.45, 7) is -0.490. The standard InChI is InChI=1S/C19H18N2O6/c1-26-17-8-6-14(10-16(17)21(24)25)19(23)27-11-18(22)20-15-7-5-12-3-2-4-13(12)9-15/h5-10H,2-4,11H2,1H3,(H,20,22). The van der Waals surface area contributed by atoms with Gasteiger partial charge in [0.05, 0.1) is 17.6 Å². The number of nitro groups is 1. The fourth-order valence-corrected chi connectivity index (χ4v) is 3.02. The van der Waals surface area contributed by atoms with Gasteiger partial charge in [0.2, 0.25) is 0 Å². The molecular weight excluding hydrogens is 352 g/mol. The van der Waals surface area contributed by atoms with Gasteiger partial charge in [-0.05, 0) is 54.7 Å². The molecule has 1 N–H and O–H groups in total. The number of methoxy groups -OCH3 is 1. The molecule has 8 nitrogen and oxygen atoms in total. The van der Waals surface area contributed by atoms with Crippen LogP contribution in [0.15, 0.2) is 36.4 Å². The highest BCUT2D eigenvalue weighted by atomic mass is 16.6. The largest absolute Gasteiger partial charge is 0.490 e. The van der Waals surface area contributed by atoms with Crippen molar-refractivity contribution < 1.29 is 24.0 Å². The second kappa shape index (κ2) is 7.86. The summed E-state index contributed by atoms with van der Waals surface area (Å²) in [6, 6.07) is 9.43. The molecule has 0 fully saturated rings. The Kier molecular flexibility index (Phi) is 5.35. The number of amides is 1. The molecule has 0 heterocycles. The quantitative estimate of drug-likeness (QED) is 0.476. The minimum absolute atomic E-state index is 0.0332. The molecule has 0 aliphatic heterocycles. The molecule has 140 valence electrons. The number of carbonyl (C=O) groups excluding carboxylic acids is 2. The van der Waals surface area contributed by atoms with E-state index in [0.29, 0.717) is 5.69 Å². The van der Waals surface area contributed by atoms with Crippen LogP contribution >= 0.6 is 0 Å². The van der Waals surface area contributed by atoms with Gasteiger partial charge in [0, 0.05) is 11.8 Å². The van der Waals surface area contributed by atoms with E-state index in [1.165, 1.54) is 30.4 Å². The number of hydrogen-bond acceptors (Lipinski definition) is 6. The fraction of sp³-hybridized carbons (Fsp3) is 0.263. The Morgan fingerprint density at radius 1 is 1.15 bits per heavy atom. The fourth-order valence-electron chi connectivity index (χ4n) is 3.02. The van der Waals surface area contributed by atoms with Gasteiger partial charge >= 0.3 is 11.7 Å². The van der Waals surface area contributed by atoms with E-state index in [4.69, 9.17) is 9.47 Å². The zero-order valence-electron chi connectivity index (χ0n) is 14.7. The average molecular weight is 370 g/mol. The number of anilines is 1. The minimum atomic E-state index is -0.829. The Morgan fingerprint density at radius 2 is 1.93 bits per heavy atom. The Labute approximate surface area is 155 Å². The van der Waals surface area contributed by atoms with Crippen molar-refractivity contribution in [1.29, 1.82) is 0 Å². The van der Waals surface area contributed by atoms with Crippen LogP contribution < -0.4 is 10.1 Å². The zero-order chi connectivity index (χ0) is 19.4. The second-order valence-corrected chi connectivity index (χ2v) is 6.11. The summed E-state index contributed by atoms with van der Waals surface area (Å²) >= 11 is 0. The molecule has 0 saturated carbocycles. The van der Waals surface area contributed by atoms with E-state index in [-0.39, 0.29) is 17.0 Å². The number of ether oxygens (including phenoxy) is 2. The summed E-state index contributed by atoms with van der Waals surface area (Å²) < 4.78 is 9.83. The number of rotatable bonds is 6. The van der Waals surface area contributed by atoms with Crippen molar-refractivity contribution >= 4 is 23.3 Å². The van der Waals surface area contributed by atoms with Crippen LogP contribution in [0, 0.1) is 10.1 Å². The smallest absolute Gasteiger partial charge is 0.338 e. The molecular formula is C19H18N2O6. The number of benzene rings is 2. The van der Waals surface area contributed by atoms with E-state index in [1.807, 2.05) is 18.2 Å². The Morgan fingerprint density at radius 3 is 2.67 bits per heavy atom. The topological polar surface area (TPSA) is 108 Å². The highest BCUT2D eigenvalue weighted by Gasteiger charge is 2.19. The van der Waals surface area contributed by atoms with E-state index >= 15 is 0 Å². The van der Waals surface area contributed by atoms with Crippen molar-refractivity contribution in [2.75, 3.05) is 19.0 Å². The lowest BCUT2D eigenvalue weighted by molar-refractivity contribution is -0.385. The van der Waals surface area contributed by atoms with Gasteiger partial charge in [0.1, 0.15) is 0 Å². The van der Waals surface area contributed by atoms with E-state index in [2.05, 4.69) is 5.32 Å². The first-order chi connectivity index (χ1) is 13.0. The normalized spacial score (nSPS) is 12.2. The van der Waals surface area contributed by atoms with Crippen molar-refractivity contribution in [3.63, 3.8) is 0 Å². The van der Waals surface area contributed by atoms with Gasteiger partial charge < -0.3 is 14.8 Å². The monoisotopic (exact) mass is 370 g/mol. The van der Waals surface area contributed by atoms with Gasteiger partial charge in [0.25, 0.3) is 5.91 Å². The summed E-state index contributed by atoms with van der Waals surface area (Å²) in [6.07, 6.45) is 3.15. The first-order valence-electron chi connectivity index (χ1n) is 8.39. The number of aryl methyl sites for hydroxylation is 2. The van der Waals surface area contributed by atoms with Crippen molar-refractivity contribution in [1.82, 2.24) is 0 Å². The molecule has 1 aliphatic carbocycles. The maximum atomic E-state index is 12.1. The first kappa shape index (κ1) is 18.4. The molecule has 2 aromatic carbocycles. The van der Waals surface area contributed by atoms with Crippen molar-refractivity contribution in [2.24, 2.45) is 0 Å². The lowest BCUT2D eigenvalue weighted by Gasteiger charge is -2.09. The summed E-state index contributed by atoms with van der Waals surface area (Å²) in [5, 5.41) is 13.7. The van der Waals surface area contributed by atoms with E-state index in [1.54, 1.807) is 0 Å². The number of carbonyl (C=O) groups is 2. The summed E-state index contributed by atoms with van der Waals surface area (Å²) in [5.41, 5.74) is 2.77. The molecule has 2 aromatic rings. The lowest BCUT2D eigenvalue weighted by atomic mass is 10.1. The van der Waals surface area contributed by atoms with Crippen LogP contribution in [0.2, 0.25) is 0 Å². The Bertz CT molecular complexity index is 909. The molecule has 0 saturated heterocycles. The third-order valence-electron chi connectivity index (χ3n) is 4.33. The van der Waals surface area contributed by atoms with Crippen LogP contribution in [0.5, 0.6) is 5.75 Å². The number of nitrogens with zero attached hydrogens (tertiary/aromatic N) is 1. The van der Waals surface area contributed by atoms with Gasteiger partial charge in [-0.2, -0.15) is 0 Å².